The monoisotopic (exact) mass is 482 g/mol. The normalized spacial score (nSPS) is 17.5. The SMILES string of the molecule is Cc1n[nH]c(C)c1S(=O)(=O)N1CCCN(S(=O)(=O)c2ccccc2OC(F)(F)F)CC1. The number of rotatable bonds is 5. The second kappa shape index (κ2) is 8.41. The summed E-state index contributed by atoms with van der Waals surface area (Å²) in [6.07, 6.45) is -4.90. The molecule has 1 saturated heterocycles. The van der Waals surface area contributed by atoms with Crippen molar-refractivity contribution in [3.05, 3.63) is 35.7 Å². The van der Waals surface area contributed by atoms with Gasteiger partial charge in [-0.1, -0.05) is 12.1 Å². The number of hydrogen-bond donors (Lipinski definition) is 1. The van der Waals surface area contributed by atoms with Crippen LogP contribution >= 0.6 is 0 Å². The molecule has 9 nitrogen and oxygen atoms in total. The lowest BCUT2D eigenvalue weighted by atomic mass is 10.3. The summed E-state index contributed by atoms with van der Waals surface area (Å²) in [5, 5.41) is 6.50. The smallest absolute Gasteiger partial charge is 0.404 e. The number of nitrogens with one attached hydrogen (secondary N) is 1. The molecule has 172 valence electrons. The molecule has 0 saturated carbocycles. The number of hydrogen-bond acceptors (Lipinski definition) is 6. The van der Waals surface area contributed by atoms with Crippen molar-refractivity contribution >= 4 is 20.0 Å². The van der Waals surface area contributed by atoms with Gasteiger partial charge in [-0.05, 0) is 32.4 Å². The molecule has 0 radical (unpaired) electrons. The Bertz CT molecular complexity index is 1140. The summed E-state index contributed by atoms with van der Waals surface area (Å²) in [5.41, 5.74) is 0.661. The first-order valence-electron chi connectivity index (χ1n) is 9.20. The van der Waals surface area contributed by atoms with E-state index < -0.39 is 37.1 Å². The van der Waals surface area contributed by atoms with Gasteiger partial charge >= 0.3 is 6.36 Å². The predicted molar refractivity (Wildman–Crippen MR) is 103 cm³/mol. The first-order valence-corrected chi connectivity index (χ1v) is 12.1. The van der Waals surface area contributed by atoms with Crippen LogP contribution in [0.2, 0.25) is 0 Å². The number of alkyl halides is 3. The molecule has 1 aliphatic rings. The fourth-order valence-electron chi connectivity index (χ4n) is 3.41. The fraction of sp³-hybridized carbons (Fsp3) is 0.471. The number of benzene rings is 1. The van der Waals surface area contributed by atoms with Crippen LogP contribution in [0.4, 0.5) is 13.2 Å². The van der Waals surface area contributed by atoms with Gasteiger partial charge in [0.2, 0.25) is 20.0 Å². The largest absolute Gasteiger partial charge is 0.573 e. The van der Waals surface area contributed by atoms with Crippen molar-refractivity contribution in [3.63, 3.8) is 0 Å². The van der Waals surface area contributed by atoms with Gasteiger partial charge in [0, 0.05) is 26.2 Å². The number of aromatic amines is 1. The molecule has 0 aliphatic carbocycles. The Labute approximate surface area is 177 Å². The van der Waals surface area contributed by atoms with Crippen molar-refractivity contribution in [1.82, 2.24) is 18.8 Å². The average Bonchev–Trinajstić information content (AvgIpc) is 2.86. The zero-order valence-electron chi connectivity index (χ0n) is 16.7. The zero-order chi connectivity index (χ0) is 23.0. The maximum absolute atomic E-state index is 13.0. The standard InChI is InChI=1S/C17H21F3N4O5S2/c1-12-16(13(2)22-21-12)31(27,28)24-9-5-8-23(10-11-24)30(25,26)15-7-4-3-6-14(15)29-17(18,19)20/h3-4,6-7H,5,8-11H2,1-2H3,(H,21,22). The zero-order valence-corrected chi connectivity index (χ0v) is 18.3. The number of H-pyrrole nitrogens is 1. The lowest BCUT2D eigenvalue weighted by Crippen LogP contribution is -2.37. The average molecular weight is 483 g/mol. The number of halogens is 3. The quantitative estimate of drug-likeness (QED) is 0.698. The molecule has 14 heteroatoms. The molecular weight excluding hydrogens is 461 g/mol. The van der Waals surface area contributed by atoms with Crippen LogP contribution in [0.1, 0.15) is 17.8 Å². The van der Waals surface area contributed by atoms with Crippen LogP contribution in [0.3, 0.4) is 0 Å². The Hall–Kier alpha value is -2.16. The Morgan fingerprint density at radius 1 is 0.968 bits per heavy atom. The molecule has 1 aliphatic heterocycles. The van der Waals surface area contributed by atoms with Gasteiger partial charge in [-0.15, -0.1) is 13.2 Å². The molecule has 1 aromatic carbocycles. The minimum Gasteiger partial charge on any atom is -0.404 e. The van der Waals surface area contributed by atoms with E-state index in [0.29, 0.717) is 11.4 Å². The van der Waals surface area contributed by atoms with Crippen LogP contribution < -0.4 is 4.74 Å². The molecule has 0 atom stereocenters. The van der Waals surface area contributed by atoms with E-state index in [9.17, 15) is 30.0 Å². The number of sulfonamides is 2. The van der Waals surface area contributed by atoms with Gasteiger partial charge in [-0.3, -0.25) is 5.10 Å². The van der Waals surface area contributed by atoms with Crippen molar-refractivity contribution < 1.29 is 34.7 Å². The van der Waals surface area contributed by atoms with Crippen LogP contribution in [0.15, 0.2) is 34.1 Å². The maximum atomic E-state index is 13.0. The highest BCUT2D eigenvalue weighted by molar-refractivity contribution is 7.89. The van der Waals surface area contributed by atoms with Gasteiger partial charge in [-0.2, -0.15) is 13.7 Å². The summed E-state index contributed by atoms with van der Waals surface area (Å²) in [4.78, 5) is -0.599. The summed E-state index contributed by atoms with van der Waals surface area (Å²) >= 11 is 0. The van der Waals surface area contributed by atoms with Gasteiger partial charge in [0.15, 0.2) is 0 Å². The minimum absolute atomic E-state index is 0.0349. The Morgan fingerprint density at radius 2 is 1.55 bits per heavy atom. The van der Waals surface area contributed by atoms with Crippen molar-refractivity contribution in [3.8, 4) is 5.75 Å². The summed E-state index contributed by atoms with van der Waals surface area (Å²) in [6.45, 7) is 2.73. The molecule has 3 rings (SSSR count). The van der Waals surface area contributed by atoms with E-state index in [1.165, 1.54) is 12.1 Å². The molecule has 0 unspecified atom stereocenters. The number of nitrogens with zero attached hydrogens (tertiary/aromatic N) is 3. The molecular formula is C17H21F3N4O5S2. The summed E-state index contributed by atoms with van der Waals surface area (Å²) in [5.74, 6) is -0.839. The molecule has 1 N–H and O–H groups in total. The van der Waals surface area contributed by atoms with Crippen molar-refractivity contribution in [2.75, 3.05) is 26.2 Å². The Balaban J connectivity index is 1.86. The summed E-state index contributed by atoms with van der Waals surface area (Å²) in [7, 11) is -8.28. The van der Waals surface area contributed by atoms with Crippen LogP contribution in [-0.4, -0.2) is 68.2 Å². The second-order valence-electron chi connectivity index (χ2n) is 6.92. The van der Waals surface area contributed by atoms with Crippen LogP contribution in [0.5, 0.6) is 5.75 Å². The van der Waals surface area contributed by atoms with Crippen LogP contribution in [0, 0.1) is 13.8 Å². The fourth-order valence-corrected chi connectivity index (χ4v) is 6.80. The van der Waals surface area contributed by atoms with E-state index in [1.54, 1.807) is 13.8 Å². The third kappa shape index (κ3) is 4.86. The van der Waals surface area contributed by atoms with Crippen LogP contribution in [-0.2, 0) is 20.0 Å². The lowest BCUT2D eigenvalue weighted by Gasteiger charge is -2.23. The molecule has 0 bridgehead atoms. The molecule has 0 spiro atoms. The molecule has 2 aromatic rings. The third-order valence-electron chi connectivity index (χ3n) is 4.76. The van der Waals surface area contributed by atoms with Crippen molar-refractivity contribution in [2.24, 2.45) is 0 Å². The molecule has 0 amide bonds. The van der Waals surface area contributed by atoms with E-state index in [0.717, 1.165) is 20.7 Å². The van der Waals surface area contributed by atoms with Crippen LogP contribution in [0.25, 0.3) is 0 Å². The second-order valence-corrected chi connectivity index (χ2v) is 10.7. The summed E-state index contributed by atoms with van der Waals surface area (Å²) in [6, 6.07) is 4.45. The summed E-state index contributed by atoms with van der Waals surface area (Å²) < 4.78 is 96.2. The van der Waals surface area contributed by atoms with Gasteiger partial charge in [0.1, 0.15) is 15.5 Å². The molecule has 31 heavy (non-hydrogen) atoms. The van der Waals surface area contributed by atoms with Gasteiger partial charge in [-0.25, -0.2) is 16.8 Å². The van der Waals surface area contributed by atoms with Crippen molar-refractivity contribution in [2.45, 2.75) is 36.4 Å². The third-order valence-corrected chi connectivity index (χ3v) is 8.87. The number of ether oxygens (including phenoxy) is 1. The van der Waals surface area contributed by atoms with E-state index in [2.05, 4.69) is 14.9 Å². The lowest BCUT2D eigenvalue weighted by molar-refractivity contribution is -0.275. The highest BCUT2D eigenvalue weighted by Gasteiger charge is 2.37. The molecule has 1 fully saturated rings. The number of aromatic nitrogens is 2. The van der Waals surface area contributed by atoms with Crippen molar-refractivity contribution in [1.29, 1.82) is 0 Å². The van der Waals surface area contributed by atoms with E-state index in [1.807, 2.05) is 0 Å². The van der Waals surface area contributed by atoms with E-state index in [-0.39, 0.29) is 37.5 Å². The Morgan fingerprint density at radius 3 is 2.10 bits per heavy atom. The molecule has 1 aromatic heterocycles. The predicted octanol–water partition coefficient (Wildman–Crippen LogP) is 2.01. The highest BCUT2D eigenvalue weighted by Crippen LogP contribution is 2.32. The highest BCUT2D eigenvalue weighted by atomic mass is 32.2. The van der Waals surface area contributed by atoms with Gasteiger partial charge in [0.05, 0.1) is 11.4 Å². The minimum atomic E-state index is -5.06. The first-order chi connectivity index (χ1) is 14.3. The van der Waals surface area contributed by atoms with E-state index in [4.69, 9.17) is 0 Å². The first kappa shape index (κ1) is 23.5. The van der Waals surface area contributed by atoms with Gasteiger partial charge < -0.3 is 4.74 Å². The van der Waals surface area contributed by atoms with E-state index >= 15 is 0 Å². The number of para-hydroxylation sites is 1. The van der Waals surface area contributed by atoms with Gasteiger partial charge in [0.25, 0.3) is 0 Å². The molecule has 2 heterocycles. The topological polar surface area (TPSA) is 113 Å². The maximum Gasteiger partial charge on any atom is 0.573 e. The number of aryl methyl sites for hydroxylation is 2. The Kier molecular flexibility index (Phi) is 6.37.